The molecule has 1 unspecified atom stereocenters. The zero-order valence-corrected chi connectivity index (χ0v) is 13.9. The third-order valence-electron chi connectivity index (χ3n) is 3.84. The van der Waals surface area contributed by atoms with Gasteiger partial charge in [-0.15, -0.1) is 0 Å². The van der Waals surface area contributed by atoms with Crippen molar-refractivity contribution < 1.29 is 17.9 Å². The number of benzene rings is 2. The molecule has 1 atom stereocenters. The first-order valence-electron chi connectivity index (χ1n) is 8.20. The third kappa shape index (κ3) is 4.92. The fraction of sp³-hybridized carbons (Fsp3) is 0.263. The van der Waals surface area contributed by atoms with Gasteiger partial charge in [-0.25, -0.2) is 4.98 Å². The van der Waals surface area contributed by atoms with Gasteiger partial charge in [0.1, 0.15) is 6.61 Å². The molecule has 1 aromatic heterocycles. The summed E-state index contributed by atoms with van der Waals surface area (Å²) in [6.45, 7) is -0.294. The normalized spacial score (nSPS) is 12.9. The van der Waals surface area contributed by atoms with Gasteiger partial charge in [-0.3, -0.25) is 5.10 Å². The molecule has 0 saturated heterocycles. The average Bonchev–Trinajstić information content (AvgIpc) is 3.09. The molecule has 136 valence electrons. The topological polar surface area (TPSA) is 50.8 Å². The number of halogens is 3. The molecule has 0 saturated carbocycles. The molecule has 2 aromatic carbocycles. The Balaban J connectivity index is 1.59. The zero-order chi connectivity index (χ0) is 18.4. The van der Waals surface area contributed by atoms with Crippen LogP contribution in [0.25, 0.3) is 0 Å². The molecule has 4 nitrogen and oxygen atoms in total. The lowest BCUT2D eigenvalue weighted by atomic mass is 10.1. The molecule has 26 heavy (non-hydrogen) atoms. The van der Waals surface area contributed by atoms with Crippen molar-refractivity contribution in [3.63, 3.8) is 0 Å². The van der Waals surface area contributed by atoms with E-state index in [1.807, 2.05) is 30.3 Å². The second-order valence-electron chi connectivity index (χ2n) is 5.83. The average molecular weight is 361 g/mol. The van der Waals surface area contributed by atoms with Crippen LogP contribution in [0.4, 0.5) is 13.2 Å². The van der Waals surface area contributed by atoms with Crippen LogP contribution in [0.3, 0.4) is 0 Å². The number of nitrogens with zero attached hydrogens (tertiary/aromatic N) is 2. The molecule has 0 bridgehead atoms. The second kappa shape index (κ2) is 8.14. The van der Waals surface area contributed by atoms with Crippen molar-refractivity contribution in [1.82, 2.24) is 15.2 Å². The summed E-state index contributed by atoms with van der Waals surface area (Å²) in [7, 11) is 0. The van der Waals surface area contributed by atoms with E-state index in [2.05, 4.69) is 15.2 Å². The summed E-state index contributed by atoms with van der Waals surface area (Å²) in [5.41, 5.74) is 1.21. The summed E-state index contributed by atoms with van der Waals surface area (Å²) >= 11 is 0. The van der Waals surface area contributed by atoms with Crippen molar-refractivity contribution in [2.24, 2.45) is 0 Å². The van der Waals surface area contributed by atoms with Gasteiger partial charge in [0.15, 0.2) is 17.8 Å². The lowest BCUT2D eigenvalue weighted by Gasteiger charge is -2.20. The Morgan fingerprint density at radius 2 is 1.58 bits per heavy atom. The van der Waals surface area contributed by atoms with Crippen LogP contribution in [-0.2, 0) is 24.2 Å². The van der Waals surface area contributed by atoms with E-state index in [0.717, 1.165) is 12.0 Å². The summed E-state index contributed by atoms with van der Waals surface area (Å²) < 4.78 is 44.8. The number of ether oxygens (including phenoxy) is 1. The van der Waals surface area contributed by atoms with Gasteiger partial charge < -0.3 is 4.74 Å². The van der Waals surface area contributed by atoms with Crippen LogP contribution in [0.1, 0.15) is 28.9 Å². The fourth-order valence-corrected chi connectivity index (χ4v) is 2.58. The van der Waals surface area contributed by atoms with Crippen molar-refractivity contribution >= 4 is 0 Å². The molecular formula is C19H18F3N3O. The number of hydrogen-bond acceptors (Lipinski definition) is 3. The van der Waals surface area contributed by atoms with Crippen LogP contribution in [-0.4, -0.2) is 21.4 Å². The quantitative estimate of drug-likeness (QED) is 0.678. The molecule has 0 radical (unpaired) electrons. The summed E-state index contributed by atoms with van der Waals surface area (Å²) in [6.07, 6.45) is -5.14. The lowest BCUT2D eigenvalue weighted by molar-refractivity contribution is -0.227. The lowest BCUT2D eigenvalue weighted by Crippen LogP contribution is -2.23. The van der Waals surface area contributed by atoms with E-state index >= 15 is 0 Å². The van der Waals surface area contributed by atoms with Gasteiger partial charge in [0, 0.05) is 6.42 Å². The van der Waals surface area contributed by atoms with Crippen molar-refractivity contribution in [3.8, 4) is 0 Å². The van der Waals surface area contributed by atoms with Crippen molar-refractivity contribution in [3.05, 3.63) is 83.4 Å². The van der Waals surface area contributed by atoms with E-state index < -0.39 is 12.3 Å². The first-order chi connectivity index (χ1) is 12.5. The number of nitrogens with one attached hydrogen (secondary N) is 1. The largest absolute Gasteiger partial charge is 0.418 e. The Kier molecular flexibility index (Phi) is 5.68. The molecule has 0 spiro atoms. The van der Waals surface area contributed by atoms with Crippen LogP contribution >= 0.6 is 0 Å². The maximum Gasteiger partial charge on any atom is 0.418 e. The monoisotopic (exact) mass is 361 g/mol. The van der Waals surface area contributed by atoms with E-state index in [4.69, 9.17) is 4.74 Å². The van der Waals surface area contributed by atoms with Crippen molar-refractivity contribution in [1.29, 1.82) is 0 Å². The van der Waals surface area contributed by atoms with Crippen LogP contribution in [0, 0.1) is 0 Å². The molecule has 0 fully saturated rings. The summed E-state index contributed by atoms with van der Waals surface area (Å²) in [6, 6.07) is 17.4. The SMILES string of the molecule is FC(F)(F)C(OCc1nc(CCc2ccccc2)n[nH]1)c1ccccc1. The zero-order valence-electron chi connectivity index (χ0n) is 13.9. The highest BCUT2D eigenvalue weighted by molar-refractivity contribution is 5.19. The van der Waals surface area contributed by atoms with E-state index in [1.165, 1.54) is 12.1 Å². The van der Waals surface area contributed by atoms with Gasteiger partial charge in [-0.2, -0.15) is 18.3 Å². The number of rotatable bonds is 7. The van der Waals surface area contributed by atoms with Gasteiger partial charge in [-0.05, 0) is 17.5 Å². The minimum atomic E-state index is -4.50. The predicted octanol–water partition coefficient (Wildman–Crippen LogP) is 4.41. The second-order valence-corrected chi connectivity index (χ2v) is 5.83. The predicted molar refractivity (Wildman–Crippen MR) is 90.3 cm³/mol. The minimum absolute atomic E-state index is 0.0591. The summed E-state index contributed by atoms with van der Waals surface area (Å²) in [4.78, 5) is 4.21. The maximum atomic E-state index is 13.3. The van der Waals surface area contributed by atoms with Gasteiger partial charge in [-0.1, -0.05) is 60.7 Å². The summed E-state index contributed by atoms with van der Waals surface area (Å²) in [5.74, 6) is 0.828. The van der Waals surface area contributed by atoms with E-state index in [9.17, 15) is 13.2 Å². The molecule has 1 N–H and O–H groups in total. The van der Waals surface area contributed by atoms with Crippen LogP contribution in [0.5, 0.6) is 0 Å². The van der Waals surface area contributed by atoms with Gasteiger partial charge in [0.25, 0.3) is 0 Å². The number of hydrogen-bond donors (Lipinski definition) is 1. The Morgan fingerprint density at radius 3 is 2.23 bits per heavy atom. The number of aromatic amines is 1. The molecule has 0 aliphatic rings. The third-order valence-corrected chi connectivity index (χ3v) is 3.84. The Morgan fingerprint density at radius 1 is 0.923 bits per heavy atom. The van der Waals surface area contributed by atoms with E-state index in [1.54, 1.807) is 18.2 Å². The minimum Gasteiger partial charge on any atom is -0.356 e. The highest BCUT2D eigenvalue weighted by Crippen LogP contribution is 2.36. The van der Waals surface area contributed by atoms with Gasteiger partial charge >= 0.3 is 6.18 Å². The first kappa shape index (κ1) is 18.1. The molecular weight excluding hydrogens is 343 g/mol. The molecule has 0 aliphatic heterocycles. The molecule has 0 aliphatic carbocycles. The smallest absolute Gasteiger partial charge is 0.356 e. The Labute approximate surface area is 149 Å². The number of alkyl halides is 3. The first-order valence-corrected chi connectivity index (χ1v) is 8.20. The van der Waals surface area contributed by atoms with E-state index in [-0.39, 0.29) is 18.0 Å². The van der Waals surface area contributed by atoms with Crippen LogP contribution < -0.4 is 0 Å². The number of aryl methyl sites for hydroxylation is 2. The van der Waals surface area contributed by atoms with Crippen molar-refractivity contribution in [2.75, 3.05) is 0 Å². The Bertz CT molecular complexity index is 804. The molecule has 7 heteroatoms. The molecule has 1 heterocycles. The van der Waals surface area contributed by atoms with Crippen molar-refractivity contribution in [2.45, 2.75) is 31.7 Å². The molecule has 0 amide bonds. The number of aromatic nitrogens is 3. The molecule has 3 aromatic rings. The van der Waals surface area contributed by atoms with Crippen LogP contribution in [0.2, 0.25) is 0 Å². The van der Waals surface area contributed by atoms with E-state index in [0.29, 0.717) is 12.2 Å². The fourth-order valence-electron chi connectivity index (χ4n) is 2.58. The van der Waals surface area contributed by atoms with Gasteiger partial charge in [0.05, 0.1) is 0 Å². The number of H-pyrrole nitrogens is 1. The van der Waals surface area contributed by atoms with Crippen LogP contribution in [0.15, 0.2) is 60.7 Å². The molecule has 3 rings (SSSR count). The van der Waals surface area contributed by atoms with Gasteiger partial charge in [0.2, 0.25) is 0 Å². The highest BCUT2D eigenvalue weighted by Gasteiger charge is 2.41. The maximum absolute atomic E-state index is 13.3. The highest BCUT2D eigenvalue weighted by atomic mass is 19.4. The standard InChI is InChI=1S/C19H18F3N3O/c20-19(21,22)18(15-9-5-2-6-10-15)26-13-17-23-16(24-25-17)12-11-14-7-3-1-4-8-14/h1-10,18H,11-13H2,(H,23,24,25). The summed E-state index contributed by atoms with van der Waals surface area (Å²) in [5, 5.41) is 6.69. The Hall–Kier alpha value is -2.67.